The van der Waals surface area contributed by atoms with Gasteiger partial charge in [-0.2, -0.15) is 13.2 Å². The van der Waals surface area contributed by atoms with E-state index in [-0.39, 0.29) is 12.5 Å². The van der Waals surface area contributed by atoms with Crippen LogP contribution in [-0.2, 0) is 17.5 Å². The van der Waals surface area contributed by atoms with Gasteiger partial charge in [-0.1, -0.05) is 12.1 Å². The summed E-state index contributed by atoms with van der Waals surface area (Å²) in [6.45, 7) is -0.128. The second-order valence-electron chi connectivity index (χ2n) is 5.97. The van der Waals surface area contributed by atoms with Crippen LogP contribution in [0, 0.1) is 0 Å². The van der Waals surface area contributed by atoms with Crippen molar-refractivity contribution in [2.75, 3.05) is 14.1 Å². The van der Waals surface area contributed by atoms with Gasteiger partial charge in [0.1, 0.15) is 0 Å². The van der Waals surface area contributed by atoms with Crippen LogP contribution in [0.1, 0.15) is 11.1 Å². The minimum atomic E-state index is -4.44. The molecule has 0 aliphatic carbocycles. The zero-order chi connectivity index (χ0) is 18.5. The molecule has 0 radical (unpaired) electrons. The Hall–Kier alpha value is -2.78. The van der Waals surface area contributed by atoms with E-state index in [4.69, 9.17) is 5.73 Å². The minimum absolute atomic E-state index is 0.128. The quantitative estimate of drug-likeness (QED) is 0.860. The number of alkyl halides is 3. The van der Waals surface area contributed by atoms with E-state index in [1.54, 1.807) is 7.05 Å². The van der Waals surface area contributed by atoms with Gasteiger partial charge in [-0.3, -0.25) is 9.69 Å². The number of amides is 3. The Balaban J connectivity index is 1.83. The fourth-order valence-electron chi connectivity index (χ4n) is 2.92. The van der Waals surface area contributed by atoms with Crippen molar-refractivity contribution in [1.29, 1.82) is 0 Å². The summed E-state index contributed by atoms with van der Waals surface area (Å²) < 4.78 is 37.9. The van der Waals surface area contributed by atoms with Crippen LogP contribution in [0.15, 0.2) is 29.3 Å². The van der Waals surface area contributed by atoms with E-state index in [9.17, 15) is 22.8 Å². The normalized spacial score (nSPS) is 23.9. The molecule has 3 amide bonds. The molecule has 2 atom stereocenters. The highest BCUT2D eigenvalue weighted by atomic mass is 19.4. The van der Waals surface area contributed by atoms with E-state index in [1.807, 2.05) is 0 Å². The first-order valence-electron chi connectivity index (χ1n) is 7.41. The van der Waals surface area contributed by atoms with Crippen LogP contribution < -0.4 is 5.73 Å². The predicted molar refractivity (Wildman–Crippen MR) is 82.1 cm³/mol. The van der Waals surface area contributed by atoms with Gasteiger partial charge in [-0.15, -0.1) is 0 Å². The molecule has 10 heteroatoms. The molecule has 2 unspecified atom stereocenters. The minimum Gasteiger partial charge on any atom is -0.370 e. The highest BCUT2D eigenvalue weighted by molar-refractivity contribution is 6.03. The molecule has 1 saturated heterocycles. The predicted octanol–water partition coefficient (Wildman–Crippen LogP) is 1.05. The molecule has 2 N–H and O–H groups in total. The number of fused-ring (bicyclic) bond motifs is 1. The summed E-state index contributed by atoms with van der Waals surface area (Å²) in [6, 6.07) is 3.03. The Kier molecular flexibility index (Phi) is 3.85. The average molecular weight is 355 g/mol. The summed E-state index contributed by atoms with van der Waals surface area (Å²) in [5.74, 6) is -0.334. The highest BCUT2D eigenvalue weighted by Gasteiger charge is 2.50. The van der Waals surface area contributed by atoms with Crippen molar-refractivity contribution >= 4 is 17.9 Å². The molecule has 2 aliphatic rings. The molecule has 2 aliphatic heterocycles. The molecule has 1 aromatic carbocycles. The van der Waals surface area contributed by atoms with Crippen LogP contribution in [-0.4, -0.2) is 58.9 Å². The maximum atomic E-state index is 12.7. The second-order valence-corrected chi connectivity index (χ2v) is 5.97. The van der Waals surface area contributed by atoms with Gasteiger partial charge in [-0.05, 0) is 17.7 Å². The Morgan fingerprint density at radius 3 is 2.28 bits per heavy atom. The van der Waals surface area contributed by atoms with Gasteiger partial charge in [-0.25, -0.2) is 9.79 Å². The van der Waals surface area contributed by atoms with Crippen molar-refractivity contribution in [2.24, 2.45) is 10.7 Å². The molecule has 25 heavy (non-hydrogen) atoms. The van der Waals surface area contributed by atoms with Crippen molar-refractivity contribution < 1.29 is 22.8 Å². The van der Waals surface area contributed by atoms with Gasteiger partial charge in [0.2, 0.25) is 0 Å². The van der Waals surface area contributed by atoms with Crippen molar-refractivity contribution in [3.8, 4) is 0 Å². The van der Waals surface area contributed by atoms with E-state index in [1.165, 1.54) is 29.0 Å². The lowest BCUT2D eigenvalue weighted by molar-refractivity contribution is -0.138. The van der Waals surface area contributed by atoms with E-state index >= 15 is 0 Å². The number of benzene rings is 1. The molecule has 7 nitrogen and oxygen atoms in total. The summed E-state index contributed by atoms with van der Waals surface area (Å²) >= 11 is 0. The third-order valence-electron chi connectivity index (χ3n) is 4.40. The first kappa shape index (κ1) is 17.1. The molecule has 3 rings (SSSR count). The Morgan fingerprint density at radius 1 is 1.12 bits per heavy atom. The number of hydrogen-bond donors (Lipinski definition) is 1. The smallest absolute Gasteiger partial charge is 0.370 e. The van der Waals surface area contributed by atoms with Crippen LogP contribution in [0.4, 0.5) is 18.0 Å². The van der Waals surface area contributed by atoms with Crippen LogP contribution in [0.3, 0.4) is 0 Å². The van der Waals surface area contributed by atoms with Crippen LogP contribution in [0.5, 0.6) is 0 Å². The maximum Gasteiger partial charge on any atom is 0.416 e. The molecule has 134 valence electrons. The zero-order valence-electron chi connectivity index (χ0n) is 13.5. The van der Waals surface area contributed by atoms with E-state index in [0.717, 1.165) is 17.0 Å². The lowest BCUT2D eigenvalue weighted by atomic mass is 10.1. The van der Waals surface area contributed by atoms with Gasteiger partial charge in [0.15, 0.2) is 18.2 Å². The summed E-state index contributed by atoms with van der Waals surface area (Å²) in [7, 11) is 3.10. The summed E-state index contributed by atoms with van der Waals surface area (Å²) in [5.41, 5.74) is 5.35. The molecular formula is C15H16F3N5O2. The fraction of sp³-hybridized carbons (Fsp3) is 0.400. The number of likely N-dealkylation sites (N-methyl/N-ethyl adjacent to an activating group) is 2. The van der Waals surface area contributed by atoms with Crippen LogP contribution >= 0.6 is 0 Å². The lowest BCUT2D eigenvalue weighted by Crippen LogP contribution is -2.64. The van der Waals surface area contributed by atoms with Gasteiger partial charge < -0.3 is 15.5 Å². The van der Waals surface area contributed by atoms with Gasteiger partial charge in [0.05, 0.1) is 12.1 Å². The van der Waals surface area contributed by atoms with Crippen LogP contribution in [0.2, 0.25) is 0 Å². The van der Waals surface area contributed by atoms with E-state index in [2.05, 4.69) is 4.99 Å². The number of rotatable bonds is 2. The SMILES string of the molecule is CN1C(=O)N(Cc2ccc(C(F)(F)F)cc2)C(=O)C2C1N=C(N)N2C. The summed E-state index contributed by atoms with van der Waals surface area (Å²) in [4.78, 5) is 33.0. The maximum absolute atomic E-state index is 12.7. The van der Waals surface area contributed by atoms with Crippen molar-refractivity contribution in [2.45, 2.75) is 24.9 Å². The fourth-order valence-corrected chi connectivity index (χ4v) is 2.92. The number of halogens is 3. The number of aliphatic imine (C=N–C) groups is 1. The first-order chi connectivity index (χ1) is 11.6. The highest BCUT2D eigenvalue weighted by Crippen LogP contribution is 2.30. The largest absolute Gasteiger partial charge is 0.416 e. The molecule has 1 aromatic rings. The number of nitrogens with two attached hydrogens (primary N) is 1. The number of nitrogens with zero attached hydrogens (tertiary/aromatic N) is 4. The number of carbonyl (C=O) groups excluding carboxylic acids is 2. The molecule has 0 aromatic heterocycles. The topological polar surface area (TPSA) is 82.2 Å². The van der Waals surface area contributed by atoms with Crippen molar-refractivity contribution in [1.82, 2.24) is 14.7 Å². The van der Waals surface area contributed by atoms with Crippen molar-refractivity contribution in [3.05, 3.63) is 35.4 Å². The number of hydrogen-bond acceptors (Lipinski definition) is 5. The molecule has 0 bridgehead atoms. The molecule has 1 fully saturated rings. The van der Waals surface area contributed by atoms with Crippen LogP contribution in [0.25, 0.3) is 0 Å². The lowest BCUT2D eigenvalue weighted by Gasteiger charge is -2.40. The number of imide groups is 1. The average Bonchev–Trinajstić information content (AvgIpc) is 2.85. The number of urea groups is 1. The third-order valence-corrected chi connectivity index (χ3v) is 4.40. The summed E-state index contributed by atoms with van der Waals surface area (Å²) in [6.07, 6.45) is -5.14. The van der Waals surface area contributed by atoms with Gasteiger partial charge >= 0.3 is 12.2 Å². The standard InChI is InChI=1S/C15H16F3N5O2/c1-21-10-11(20-13(21)19)22(2)14(25)23(12(10)24)7-8-3-5-9(6-4-8)15(16,17)18/h3-6,10-11H,7H2,1-2H3,(H2,19,20). The first-order valence-corrected chi connectivity index (χ1v) is 7.41. The van der Waals surface area contributed by atoms with Gasteiger partial charge in [0, 0.05) is 14.1 Å². The monoisotopic (exact) mass is 355 g/mol. The van der Waals surface area contributed by atoms with E-state index in [0.29, 0.717) is 5.56 Å². The summed E-state index contributed by atoms with van der Waals surface area (Å²) in [5, 5.41) is 0. The Labute approximate surface area is 141 Å². The molecule has 2 heterocycles. The molecule has 0 spiro atoms. The Morgan fingerprint density at radius 2 is 1.72 bits per heavy atom. The van der Waals surface area contributed by atoms with E-state index < -0.39 is 35.9 Å². The van der Waals surface area contributed by atoms with Crippen molar-refractivity contribution in [3.63, 3.8) is 0 Å². The number of guanidine groups is 1. The zero-order valence-corrected chi connectivity index (χ0v) is 13.5. The van der Waals surface area contributed by atoms with Gasteiger partial charge in [0.25, 0.3) is 5.91 Å². The molecule has 0 saturated carbocycles. The number of carbonyl (C=O) groups is 2. The molecular weight excluding hydrogens is 339 g/mol. The second kappa shape index (κ2) is 5.64. The Bertz CT molecular complexity index is 747. The third kappa shape index (κ3) is 2.77.